The number of nitrogens with one attached hydrogen (secondary N) is 1. The van der Waals surface area contributed by atoms with Crippen molar-refractivity contribution >= 4 is 34.5 Å². The molecular formula is C18H19ClN4. The molecule has 2 heterocycles. The lowest BCUT2D eigenvalue weighted by Gasteiger charge is -2.34. The molecule has 4 nitrogen and oxygen atoms in total. The molecule has 0 unspecified atom stereocenters. The molecular weight excluding hydrogens is 308 g/mol. The van der Waals surface area contributed by atoms with E-state index in [9.17, 15) is 0 Å². The quantitative estimate of drug-likeness (QED) is 0.793. The van der Waals surface area contributed by atoms with E-state index in [1.165, 1.54) is 24.3 Å². The molecule has 0 radical (unpaired) electrons. The second-order valence-electron chi connectivity index (χ2n) is 4.64. The normalized spacial score (nSPS) is 35.9. The first kappa shape index (κ1) is 5.80. The Hall–Kier alpha value is -2.04. The molecule has 2 aliphatic heterocycles. The highest BCUT2D eigenvalue weighted by Gasteiger charge is 2.23. The zero-order chi connectivity index (χ0) is 28.1. The van der Waals surface area contributed by atoms with Gasteiger partial charge in [0.2, 0.25) is 0 Å². The molecule has 0 aromatic heterocycles. The third-order valence-corrected chi connectivity index (χ3v) is 3.36. The minimum atomic E-state index is -3.64. The fourth-order valence-corrected chi connectivity index (χ4v) is 2.31. The summed E-state index contributed by atoms with van der Waals surface area (Å²) in [6, 6.07) is 4.24. The van der Waals surface area contributed by atoms with E-state index >= 15 is 0 Å². The summed E-state index contributed by atoms with van der Waals surface area (Å²) in [7, 11) is 0. The molecule has 1 fully saturated rings. The van der Waals surface area contributed by atoms with Crippen molar-refractivity contribution in [3.8, 4) is 0 Å². The van der Waals surface area contributed by atoms with Gasteiger partial charge in [0, 0.05) is 51.9 Å². The first-order chi connectivity index (χ1) is 16.7. The largest absolute Gasteiger partial charge is 0.353 e. The number of benzene rings is 2. The number of hydrogen-bond donors (Lipinski definition) is 1. The molecule has 4 rings (SSSR count). The molecule has 0 spiro atoms. The number of likely N-dealkylation sites (N-methyl/N-ethyl adjacent to an activating group) is 1. The van der Waals surface area contributed by atoms with Crippen molar-refractivity contribution in [2.24, 2.45) is 4.99 Å². The Kier molecular flexibility index (Phi) is 1.48. The molecule has 0 aliphatic carbocycles. The summed E-state index contributed by atoms with van der Waals surface area (Å²) in [5.41, 5.74) is -0.555. The predicted octanol–water partition coefficient (Wildman–Crippen LogP) is 3.72. The molecule has 2 aliphatic rings. The van der Waals surface area contributed by atoms with Crippen LogP contribution in [0.2, 0.25) is 5.02 Å². The van der Waals surface area contributed by atoms with Crippen molar-refractivity contribution in [2.75, 3.05) is 38.3 Å². The molecule has 2 aromatic carbocycles. The molecule has 0 atom stereocenters. The van der Waals surface area contributed by atoms with E-state index in [1.54, 1.807) is 0 Å². The molecule has 23 heavy (non-hydrogen) atoms. The Bertz CT molecular complexity index is 1290. The van der Waals surface area contributed by atoms with Crippen molar-refractivity contribution in [3.63, 3.8) is 0 Å². The summed E-state index contributed by atoms with van der Waals surface area (Å²) < 4.78 is 116. The van der Waals surface area contributed by atoms with E-state index in [-0.39, 0.29) is 21.8 Å². The Morgan fingerprint density at radius 3 is 2.87 bits per heavy atom. The fraction of sp³-hybridized carbons (Fsp3) is 0.278. The van der Waals surface area contributed by atoms with E-state index in [1.807, 2.05) is 0 Å². The summed E-state index contributed by atoms with van der Waals surface area (Å²) in [6.07, 6.45) is 0. The van der Waals surface area contributed by atoms with Crippen LogP contribution in [0.15, 0.2) is 47.4 Å². The average molecular weight is 341 g/mol. The maximum absolute atomic E-state index is 8.61. The molecule has 5 heteroatoms. The van der Waals surface area contributed by atoms with E-state index in [0.717, 1.165) is 0 Å². The zero-order valence-corrected chi connectivity index (χ0v) is 12.3. The Labute approximate surface area is 161 Å². The number of halogens is 1. The number of anilines is 2. The number of piperazine rings is 1. The monoisotopic (exact) mass is 340 g/mol. The predicted molar refractivity (Wildman–Crippen MR) is 96.4 cm³/mol. The summed E-state index contributed by atoms with van der Waals surface area (Å²) in [6.45, 7) is -18.0. The van der Waals surface area contributed by atoms with Crippen LogP contribution in [-0.4, -0.2) is 48.6 Å². The van der Waals surface area contributed by atoms with Crippen LogP contribution < -0.4 is 5.32 Å². The second kappa shape index (κ2) is 5.87. The fourth-order valence-electron chi connectivity index (χ4n) is 2.17. The lowest BCUT2D eigenvalue weighted by molar-refractivity contribution is 0.216. The summed E-state index contributed by atoms with van der Waals surface area (Å²) in [5, 5.41) is 2.35. The van der Waals surface area contributed by atoms with E-state index in [4.69, 9.17) is 30.8 Å². The summed E-state index contributed by atoms with van der Waals surface area (Å²) >= 11 is 6.05. The van der Waals surface area contributed by atoms with Gasteiger partial charge in [-0.2, -0.15) is 0 Å². The topological polar surface area (TPSA) is 30.9 Å². The van der Waals surface area contributed by atoms with Gasteiger partial charge in [-0.15, -0.1) is 0 Å². The van der Waals surface area contributed by atoms with Crippen molar-refractivity contribution in [3.05, 3.63) is 53.0 Å². The first-order valence-electron chi connectivity index (χ1n) is 13.6. The van der Waals surface area contributed by atoms with Crippen molar-refractivity contribution in [1.29, 1.82) is 0 Å². The lowest BCUT2D eigenvalue weighted by atomic mass is 10.1. The minimum absolute atomic E-state index is 0.0677. The molecule has 118 valence electrons. The average Bonchev–Trinajstić information content (AvgIpc) is 2.91. The zero-order valence-electron chi connectivity index (χ0n) is 25.5. The first-order valence-corrected chi connectivity index (χ1v) is 6.93. The second-order valence-corrected chi connectivity index (χ2v) is 5.01. The number of amidine groups is 1. The van der Waals surface area contributed by atoms with E-state index in [0.29, 0.717) is 0 Å². The maximum Gasteiger partial charge on any atom is 0.138 e. The highest BCUT2D eigenvalue weighted by Crippen LogP contribution is 2.36. The van der Waals surface area contributed by atoms with E-state index in [2.05, 4.69) is 10.3 Å². The van der Waals surface area contributed by atoms with Gasteiger partial charge < -0.3 is 15.1 Å². The highest BCUT2D eigenvalue weighted by molar-refractivity contribution is 6.31. The number of para-hydroxylation sites is 1. The van der Waals surface area contributed by atoms with Gasteiger partial charge in [-0.3, -0.25) is 0 Å². The van der Waals surface area contributed by atoms with Crippen LogP contribution >= 0.6 is 11.6 Å². The standard InChI is InChI=1S/C18H19ClN4/c1-22-8-10-23(11-9-22)18-14-4-2-3-5-15(14)20-16-7-6-13(19)12-17(16)21-18/h2-7,12,20H,8-11H2,1H3/i1D3,6D,7D,8D2,9D2,10D2,11D2,12D. The Balaban J connectivity index is 2.13. The smallest absolute Gasteiger partial charge is 0.138 e. The van der Waals surface area contributed by atoms with Crippen LogP contribution in [0.25, 0.3) is 0 Å². The van der Waals surface area contributed by atoms with Crippen LogP contribution in [0.5, 0.6) is 0 Å². The molecule has 1 N–H and O–H groups in total. The SMILES string of the molecule is [2H]c1c([2H])c2c(c([2H])c1Cl)N=C(N1C([2H])([2H])C([2H])([2H])N(C([2H])([2H])[2H])C([2H])([2H])C1([2H])[2H])c1ccccc1N2. The summed E-state index contributed by atoms with van der Waals surface area (Å²) in [5.74, 6) is -0.684. The van der Waals surface area contributed by atoms with Gasteiger partial charge >= 0.3 is 0 Å². The molecule has 2 aromatic rings. The maximum atomic E-state index is 8.61. The minimum Gasteiger partial charge on any atom is -0.353 e. The van der Waals surface area contributed by atoms with Gasteiger partial charge in [0.05, 0.1) is 21.0 Å². The molecule has 0 saturated carbocycles. The number of hydrogen-bond acceptors (Lipinski definition) is 4. The van der Waals surface area contributed by atoms with Gasteiger partial charge in [0.1, 0.15) is 5.84 Å². The van der Waals surface area contributed by atoms with Crippen molar-refractivity contribution in [2.45, 2.75) is 0 Å². The highest BCUT2D eigenvalue weighted by atomic mass is 35.5. The van der Waals surface area contributed by atoms with Crippen molar-refractivity contribution in [1.82, 2.24) is 9.80 Å². The molecule has 1 saturated heterocycles. The van der Waals surface area contributed by atoms with Gasteiger partial charge in [-0.05, 0) is 37.2 Å². The Morgan fingerprint density at radius 2 is 2.04 bits per heavy atom. The number of aliphatic imine (C=N–C) groups is 1. The van der Waals surface area contributed by atoms with Crippen LogP contribution in [0.4, 0.5) is 17.1 Å². The third-order valence-electron chi connectivity index (χ3n) is 3.17. The van der Waals surface area contributed by atoms with Crippen molar-refractivity contribution < 1.29 is 19.2 Å². The summed E-state index contributed by atoms with van der Waals surface area (Å²) in [4.78, 5) is 3.85. The number of fused-ring (bicyclic) bond motifs is 2. The molecule has 0 bridgehead atoms. The lowest BCUT2D eigenvalue weighted by Crippen LogP contribution is -2.47. The van der Waals surface area contributed by atoms with Crippen LogP contribution in [-0.2, 0) is 0 Å². The Morgan fingerprint density at radius 1 is 1.22 bits per heavy atom. The third kappa shape index (κ3) is 2.80. The number of rotatable bonds is 0. The van der Waals surface area contributed by atoms with Crippen LogP contribution in [0.1, 0.15) is 24.8 Å². The van der Waals surface area contributed by atoms with Crippen LogP contribution in [0.3, 0.4) is 0 Å². The van der Waals surface area contributed by atoms with Gasteiger partial charge in [0.25, 0.3) is 0 Å². The van der Waals surface area contributed by atoms with Gasteiger partial charge in [0.15, 0.2) is 0 Å². The van der Waals surface area contributed by atoms with Gasteiger partial charge in [-0.25, -0.2) is 4.99 Å². The van der Waals surface area contributed by atoms with Gasteiger partial charge in [-0.1, -0.05) is 23.7 Å². The number of nitrogens with zero attached hydrogens (tertiary/aromatic N) is 3. The van der Waals surface area contributed by atoms with E-state index < -0.39 is 72.5 Å². The molecule has 0 amide bonds. The van der Waals surface area contributed by atoms with Crippen LogP contribution in [0, 0.1) is 0 Å².